The number of rotatable bonds is 2. The van der Waals surface area contributed by atoms with Gasteiger partial charge in [-0.15, -0.1) is 0 Å². The van der Waals surface area contributed by atoms with E-state index in [4.69, 9.17) is 4.74 Å². The van der Waals surface area contributed by atoms with Crippen molar-refractivity contribution in [3.8, 4) is 5.75 Å². The van der Waals surface area contributed by atoms with Crippen LogP contribution in [0.5, 0.6) is 5.75 Å². The molecule has 0 amide bonds. The molecular formula is C15H21NO. The van der Waals surface area contributed by atoms with E-state index in [1.165, 1.54) is 30.5 Å². The lowest BCUT2D eigenvalue weighted by Gasteiger charge is -2.21. The van der Waals surface area contributed by atoms with Crippen LogP contribution >= 0.6 is 0 Å². The van der Waals surface area contributed by atoms with Crippen LogP contribution in [0.1, 0.15) is 30.9 Å². The predicted molar refractivity (Wildman–Crippen MR) is 69.3 cm³/mol. The average Bonchev–Trinajstić information content (AvgIpc) is 3.05. The highest BCUT2D eigenvalue weighted by Gasteiger charge is 2.27. The van der Waals surface area contributed by atoms with Gasteiger partial charge >= 0.3 is 0 Å². The molecule has 1 saturated carbocycles. The summed E-state index contributed by atoms with van der Waals surface area (Å²) < 4.78 is 6.00. The maximum absolute atomic E-state index is 6.00. The van der Waals surface area contributed by atoms with Crippen LogP contribution in [0.15, 0.2) is 18.2 Å². The Balaban J connectivity index is 1.82. The minimum atomic E-state index is 0.303. The molecule has 0 unspecified atom stereocenters. The molecule has 0 radical (unpaired) electrons. The van der Waals surface area contributed by atoms with Gasteiger partial charge in [-0.2, -0.15) is 0 Å². The smallest absolute Gasteiger partial charge is 0.124 e. The molecule has 1 aromatic rings. The number of benzene rings is 1. The molecule has 1 atom stereocenters. The standard InChI is InChI=1S/C15H21NO/c1-11-3-6-15-14(7-11)10-16(8-12(2)17-15)9-13-4-5-13/h3,6-7,12-13H,4-5,8-10H2,1-2H3/t12-/m1/s1. The molecule has 0 saturated heterocycles. The minimum absolute atomic E-state index is 0.303. The fourth-order valence-electron chi connectivity index (χ4n) is 2.67. The van der Waals surface area contributed by atoms with Crippen LogP contribution < -0.4 is 4.74 Å². The number of hydrogen-bond donors (Lipinski definition) is 0. The van der Waals surface area contributed by atoms with E-state index in [1.54, 1.807) is 0 Å². The molecule has 0 N–H and O–H groups in total. The largest absolute Gasteiger partial charge is 0.489 e. The summed E-state index contributed by atoms with van der Waals surface area (Å²) in [6.45, 7) is 7.69. The van der Waals surface area contributed by atoms with E-state index in [0.717, 1.165) is 24.8 Å². The molecule has 0 aromatic heterocycles. The van der Waals surface area contributed by atoms with E-state index in [1.807, 2.05) is 0 Å². The first-order valence-electron chi connectivity index (χ1n) is 6.69. The van der Waals surface area contributed by atoms with Gasteiger partial charge in [0.15, 0.2) is 0 Å². The van der Waals surface area contributed by atoms with Crippen LogP contribution in [0.25, 0.3) is 0 Å². The quantitative estimate of drug-likeness (QED) is 0.776. The van der Waals surface area contributed by atoms with E-state index in [2.05, 4.69) is 36.9 Å². The zero-order chi connectivity index (χ0) is 11.8. The fourth-order valence-corrected chi connectivity index (χ4v) is 2.67. The Labute approximate surface area is 104 Å². The highest BCUT2D eigenvalue weighted by molar-refractivity contribution is 5.37. The Hall–Kier alpha value is -1.02. The molecule has 3 rings (SSSR count). The second-order valence-corrected chi connectivity index (χ2v) is 5.68. The van der Waals surface area contributed by atoms with Crippen molar-refractivity contribution in [2.75, 3.05) is 13.1 Å². The van der Waals surface area contributed by atoms with Crippen molar-refractivity contribution in [3.05, 3.63) is 29.3 Å². The predicted octanol–water partition coefficient (Wildman–Crippen LogP) is 2.99. The summed E-state index contributed by atoms with van der Waals surface area (Å²) in [5, 5.41) is 0. The van der Waals surface area contributed by atoms with Gasteiger partial charge in [0.2, 0.25) is 0 Å². The summed E-state index contributed by atoms with van der Waals surface area (Å²) in [6, 6.07) is 6.54. The fraction of sp³-hybridized carbons (Fsp3) is 0.600. The maximum Gasteiger partial charge on any atom is 0.124 e. The van der Waals surface area contributed by atoms with Gasteiger partial charge in [-0.1, -0.05) is 17.7 Å². The zero-order valence-electron chi connectivity index (χ0n) is 10.8. The molecule has 2 heteroatoms. The first kappa shape index (κ1) is 11.1. The zero-order valence-corrected chi connectivity index (χ0v) is 10.8. The third-order valence-corrected chi connectivity index (χ3v) is 3.67. The van der Waals surface area contributed by atoms with Crippen LogP contribution in [0.3, 0.4) is 0 Å². The number of nitrogens with zero attached hydrogens (tertiary/aromatic N) is 1. The van der Waals surface area contributed by atoms with Crippen molar-refractivity contribution < 1.29 is 4.74 Å². The summed E-state index contributed by atoms with van der Waals surface area (Å²) in [5.41, 5.74) is 2.68. The molecule has 1 fully saturated rings. The van der Waals surface area contributed by atoms with E-state index >= 15 is 0 Å². The maximum atomic E-state index is 6.00. The van der Waals surface area contributed by atoms with Crippen molar-refractivity contribution >= 4 is 0 Å². The van der Waals surface area contributed by atoms with Gasteiger partial charge in [0.1, 0.15) is 11.9 Å². The number of hydrogen-bond acceptors (Lipinski definition) is 2. The lowest BCUT2D eigenvalue weighted by atomic mass is 10.1. The topological polar surface area (TPSA) is 12.5 Å². The summed E-state index contributed by atoms with van der Waals surface area (Å²) in [5.74, 6) is 2.04. The Bertz CT molecular complexity index is 411. The molecule has 2 aliphatic rings. The summed E-state index contributed by atoms with van der Waals surface area (Å²) >= 11 is 0. The van der Waals surface area contributed by atoms with Crippen molar-refractivity contribution in [1.82, 2.24) is 4.90 Å². The number of fused-ring (bicyclic) bond motifs is 1. The van der Waals surface area contributed by atoms with Crippen LogP contribution in [-0.2, 0) is 6.54 Å². The monoisotopic (exact) mass is 231 g/mol. The van der Waals surface area contributed by atoms with E-state index in [-0.39, 0.29) is 0 Å². The highest BCUT2D eigenvalue weighted by Crippen LogP contribution is 2.32. The average molecular weight is 231 g/mol. The van der Waals surface area contributed by atoms with E-state index in [9.17, 15) is 0 Å². The van der Waals surface area contributed by atoms with Crippen molar-refractivity contribution in [2.45, 2.75) is 39.3 Å². The van der Waals surface area contributed by atoms with Crippen LogP contribution in [-0.4, -0.2) is 24.1 Å². The van der Waals surface area contributed by atoms with Gasteiger partial charge in [-0.3, -0.25) is 4.90 Å². The Kier molecular flexibility index (Phi) is 2.83. The number of ether oxygens (including phenoxy) is 1. The summed E-state index contributed by atoms with van der Waals surface area (Å²) in [7, 11) is 0. The second-order valence-electron chi connectivity index (χ2n) is 5.68. The molecular weight excluding hydrogens is 210 g/mol. The minimum Gasteiger partial charge on any atom is -0.489 e. The van der Waals surface area contributed by atoms with Gasteiger partial charge in [0.05, 0.1) is 0 Å². The van der Waals surface area contributed by atoms with Crippen molar-refractivity contribution in [1.29, 1.82) is 0 Å². The molecule has 0 spiro atoms. The summed E-state index contributed by atoms with van der Waals surface area (Å²) in [6.07, 6.45) is 3.15. The lowest BCUT2D eigenvalue weighted by Crippen LogP contribution is -2.32. The van der Waals surface area contributed by atoms with Gasteiger partial charge in [-0.05, 0) is 38.7 Å². The van der Waals surface area contributed by atoms with Gasteiger partial charge < -0.3 is 4.74 Å². The molecule has 2 nitrogen and oxygen atoms in total. The SMILES string of the molecule is Cc1ccc2c(c1)CN(CC1CC1)C[C@@H](C)O2. The molecule has 1 aromatic carbocycles. The molecule has 1 aliphatic heterocycles. The Morgan fingerprint density at radius 1 is 1.35 bits per heavy atom. The van der Waals surface area contributed by atoms with Crippen LogP contribution in [0, 0.1) is 12.8 Å². The first-order valence-corrected chi connectivity index (χ1v) is 6.69. The number of aryl methyl sites for hydroxylation is 1. The molecule has 17 heavy (non-hydrogen) atoms. The van der Waals surface area contributed by atoms with Gasteiger partial charge in [-0.25, -0.2) is 0 Å². The first-order chi connectivity index (χ1) is 8.20. The van der Waals surface area contributed by atoms with Gasteiger partial charge in [0, 0.05) is 25.2 Å². The third kappa shape index (κ3) is 2.63. The Morgan fingerprint density at radius 3 is 2.94 bits per heavy atom. The highest BCUT2D eigenvalue weighted by atomic mass is 16.5. The normalized spacial score (nSPS) is 24.9. The van der Waals surface area contributed by atoms with Crippen molar-refractivity contribution in [3.63, 3.8) is 0 Å². The van der Waals surface area contributed by atoms with Crippen LogP contribution in [0.2, 0.25) is 0 Å². The second kappa shape index (κ2) is 4.34. The molecule has 1 aliphatic carbocycles. The third-order valence-electron chi connectivity index (χ3n) is 3.67. The molecule has 92 valence electrons. The summed E-state index contributed by atoms with van der Waals surface area (Å²) in [4.78, 5) is 2.56. The lowest BCUT2D eigenvalue weighted by molar-refractivity contribution is 0.157. The molecule has 0 bridgehead atoms. The van der Waals surface area contributed by atoms with E-state index in [0.29, 0.717) is 6.10 Å². The molecule has 1 heterocycles. The van der Waals surface area contributed by atoms with Crippen molar-refractivity contribution in [2.24, 2.45) is 5.92 Å². The Morgan fingerprint density at radius 2 is 2.18 bits per heavy atom. The van der Waals surface area contributed by atoms with Crippen LogP contribution in [0.4, 0.5) is 0 Å². The van der Waals surface area contributed by atoms with E-state index < -0.39 is 0 Å². The van der Waals surface area contributed by atoms with Gasteiger partial charge in [0.25, 0.3) is 0 Å².